The number of esters is 1. The van der Waals surface area contributed by atoms with E-state index in [1.54, 1.807) is 32.1 Å². The normalized spacial score (nSPS) is 34.1. The van der Waals surface area contributed by atoms with E-state index in [0.29, 0.717) is 11.5 Å². The maximum absolute atomic E-state index is 13.1. The molecular weight excluding hydrogens is 376 g/mol. The molecule has 4 atom stereocenters. The molecule has 2 saturated carbocycles. The van der Waals surface area contributed by atoms with Crippen LogP contribution in [0.1, 0.15) is 67.7 Å². The minimum Gasteiger partial charge on any atom is -0.422 e. The number of hydrogen-bond donors (Lipinski definition) is 1. The van der Waals surface area contributed by atoms with E-state index in [1.165, 1.54) is 6.08 Å². The van der Waals surface area contributed by atoms with Gasteiger partial charge in [0, 0.05) is 11.0 Å². The molecule has 3 aliphatic carbocycles. The number of rotatable bonds is 5. The van der Waals surface area contributed by atoms with Crippen molar-refractivity contribution in [2.24, 2.45) is 28.1 Å². The van der Waals surface area contributed by atoms with E-state index in [9.17, 15) is 14.7 Å². The minimum absolute atomic E-state index is 0.0857. The minimum atomic E-state index is -1.16. The summed E-state index contributed by atoms with van der Waals surface area (Å²) in [6.45, 7) is 17.7. The van der Waals surface area contributed by atoms with Gasteiger partial charge in [-0.15, -0.1) is 0 Å². The van der Waals surface area contributed by atoms with Crippen LogP contribution < -0.4 is 0 Å². The van der Waals surface area contributed by atoms with E-state index in [-0.39, 0.29) is 34.3 Å². The molecule has 0 amide bonds. The van der Waals surface area contributed by atoms with Crippen LogP contribution in [0.2, 0.25) is 0 Å². The van der Waals surface area contributed by atoms with E-state index in [2.05, 4.69) is 27.4 Å². The Kier molecular flexibility index (Phi) is 5.34. The van der Waals surface area contributed by atoms with Gasteiger partial charge in [0.1, 0.15) is 0 Å². The zero-order valence-electron chi connectivity index (χ0n) is 19.5. The number of ketones is 1. The second kappa shape index (κ2) is 7.05. The number of allylic oxidation sites excluding steroid dienone is 4. The van der Waals surface area contributed by atoms with E-state index in [1.807, 2.05) is 13.8 Å². The van der Waals surface area contributed by atoms with E-state index < -0.39 is 11.0 Å². The maximum atomic E-state index is 13.1. The summed E-state index contributed by atoms with van der Waals surface area (Å²) in [5.41, 5.74) is -0.330. The average Bonchev–Trinajstić information content (AvgIpc) is 2.98. The largest absolute Gasteiger partial charge is 0.422 e. The SMILES string of the molecule is C=CC(C)(O)C=CC1=C(C)C(=O)C(OC(=O)C2C[C@H]3CCC2(C)C3(C)C)=CC1(C)C. The standard InChI is InChI=1S/C26H36O4/c1-9-25(7,29)12-11-18-16(2)21(27)20(15-23(18,3)4)30-22(28)19-14-17-10-13-26(19,8)24(17,5)6/h9,11-12,15,17,19,29H,1,10,13-14H2,2-8H3/t17-,19?,25?,26?/m1/s1. The molecule has 2 fully saturated rings. The van der Waals surface area contributed by atoms with Crippen molar-refractivity contribution in [3.8, 4) is 0 Å². The third-order valence-corrected chi connectivity index (χ3v) is 8.44. The molecule has 2 bridgehead atoms. The molecule has 4 heteroatoms. The molecule has 164 valence electrons. The van der Waals surface area contributed by atoms with Gasteiger partial charge in [-0.1, -0.05) is 53.3 Å². The molecule has 0 saturated heterocycles. The maximum Gasteiger partial charge on any atom is 0.315 e. The van der Waals surface area contributed by atoms with Crippen LogP contribution in [0.15, 0.2) is 47.8 Å². The lowest BCUT2D eigenvalue weighted by Crippen LogP contribution is -2.37. The van der Waals surface area contributed by atoms with Crippen LogP contribution in [-0.4, -0.2) is 22.5 Å². The van der Waals surface area contributed by atoms with Crippen LogP contribution in [-0.2, 0) is 14.3 Å². The smallest absolute Gasteiger partial charge is 0.315 e. The van der Waals surface area contributed by atoms with Crippen LogP contribution in [0.25, 0.3) is 0 Å². The number of hydrogen-bond acceptors (Lipinski definition) is 4. The van der Waals surface area contributed by atoms with Crippen molar-refractivity contribution in [1.29, 1.82) is 0 Å². The van der Waals surface area contributed by atoms with Crippen molar-refractivity contribution in [2.75, 3.05) is 0 Å². The number of ether oxygens (including phenoxy) is 1. The first-order chi connectivity index (χ1) is 13.7. The Morgan fingerprint density at radius 3 is 2.43 bits per heavy atom. The summed E-state index contributed by atoms with van der Waals surface area (Å²) >= 11 is 0. The Bertz CT molecular complexity index is 881. The lowest BCUT2D eigenvalue weighted by Gasteiger charge is -2.38. The highest BCUT2D eigenvalue weighted by atomic mass is 16.5. The van der Waals surface area contributed by atoms with Crippen LogP contribution in [0, 0.1) is 28.1 Å². The van der Waals surface area contributed by atoms with Gasteiger partial charge in [-0.3, -0.25) is 9.59 Å². The summed E-state index contributed by atoms with van der Waals surface area (Å²) in [7, 11) is 0. The highest BCUT2D eigenvalue weighted by Gasteiger charge is 2.63. The molecule has 4 nitrogen and oxygen atoms in total. The topological polar surface area (TPSA) is 63.6 Å². The van der Waals surface area contributed by atoms with Crippen molar-refractivity contribution >= 4 is 11.8 Å². The quantitative estimate of drug-likeness (QED) is 0.492. The lowest BCUT2D eigenvalue weighted by atomic mass is 9.67. The van der Waals surface area contributed by atoms with Gasteiger partial charge < -0.3 is 9.84 Å². The highest BCUT2D eigenvalue weighted by molar-refractivity contribution is 6.09. The fraction of sp³-hybridized carbons (Fsp3) is 0.615. The Hall–Kier alpha value is -1.94. The first-order valence-corrected chi connectivity index (χ1v) is 10.9. The average molecular weight is 413 g/mol. The molecule has 0 spiro atoms. The summed E-state index contributed by atoms with van der Waals surface area (Å²) in [6, 6.07) is 0. The highest BCUT2D eigenvalue weighted by Crippen LogP contribution is 2.68. The Morgan fingerprint density at radius 2 is 1.93 bits per heavy atom. The predicted octanol–water partition coefficient (Wildman–Crippen LogP) is 5.29. The third kappa shape index (κ3) is 3.43. The molecule has 1 N–H and O–H groups in total. The molecule has 0 aromatic carbocycles. The summed E-state index contributed by atoms with van der Waals surface area (Å²) in [4.78, 5) is 26.2. The van der Waals surface area contributed by atoms with Crippen molar-refractivity contribution in [3.05, 3.63) is 47.8 Å². The van der Waals surface area contributed by atoms with Crippen LogP contribution in [0.3, 0.4) is 0 Å². The second-order valence-electron chi connectivity index (χ2n) is 10.9. The first-order valence-electron chi connectivity index (χ1n) is 10.9. The van der Waals surface area contributed by atoms with Gasteiger partial charge in [0.25, 0.3) is 0 Å². The Labute approximate surface area is 180 Å². The predicted molar refractivity (Wildman–Crippen MR) is 118 cm³/mol. The first kappa shape index (κ1) is 22.7. The molecule has 0 aromatic heterocycles. The van der Waals surface area contributed by atoms with Gasteiger partial charge in [-0.2, -0.15) is 0 Å². The number of fused-ring (bicyclic) bond motifs is 2. The molecule has 0 radical (unpaired) electrons. The Balaban J connectivity index is 1.83. The third-order valence-electron chi connectivity index (χ3n) is 8.44. The molecule has 3 rings (SSSR count). The molecule has 0 heterocycles. The molecule has 0 aliphatic heterocycles. The van der Waals surface area contributed by atoms with Crippen molar-refractivity contribution < 1.29 is 19.4 Å². The van der Waals surface area contributed by atoms with Crippen molar-refractivity contribution in [3.63, 3.8) is 0 Å². The summed E-state index contributed by atoms with van der Waals surface area (Å²) < 4.78 is 5.77. The molecule has 0 aromatic rings. The fourth-order valence-electron chi connectivity index (χ4n) is 5.74. The Morgan fingerprint density at radius 1 is 1.30 bits per heavy atom. The van der Waals surface area contributed by atoms with Gasteiger partial charge >= 0.3 is 5.97 Å². The monoisotopic (exact) mass is 412 g/mol. The molecule has 30 heavy (non-hydrogen) atoms. The number of carbonyl (C=O) groups is 2. The lowest BCUT2D eigenvalue weighted by molar-refractivity contribution is -0.151. The van der Waals surface area contributed by atoms with Crippen LogP contribution in [0.5, 0.6) is 0 Å². The fourth-order valence-corrected chi connectivity index (χ4v) is 5.74. The van der Waals surface area contributed by atoms with E-state index >= 15 is 0 Å². The van der Waals surface area contributed by atoms with Gasteiger partial charge in [0.05, 0.1) is 11.5 Å². The van der Waals surface area contributed by atoms with Crippen molar-refractivity contribution in [1.82, 2.24) is 0 Å². The van der Waals surface area contributed by atoms with Gasteiger partial charge in [0.15, 0.2) is 5.76 Å². The van der Waals surface area contributed by atoms with E-state index in [0.717, 1.165) is 24.8 Å². The molecule has 3 aliphatic rings. The van der Waals surface area contributed by atoms with E-state index in [4.69, 9.17) is 4.74 Å². The van der Waals surface area contributed by atoms with Crippen LogP contribution >= 0.6 is 0 Å². The zero-order chi connectivity index (χ0) is 22.7. The number of Topliss-reactive ketones (excluding diaryl/α,β-unsaturated/α-hetero) is 1. The summed E-state index contributed by atoms with van der Waals surface area (Å²) in [5, 5.41) is 10.2. The van der Waals surface area contributed by atoms with Crippen molar-refractivity contribution in [2.45, 2.75) is 73.3 Å². The molecular formula is C26H36O4. The second-order valence-corrected chi connectivity index (χ2v) is 10.9. The van der Waals surface area contributed by atoms with Gasteiger partial charge in [-0.05, 0) is 67.6 Å². The van der Waals surface area contributed by atoms with Crippen LogP contribution in [0.4, 0.5) is 0 Å². The number of carbonyl (C=O) groups excluding carboxylic acids is 2. The number of aliphatic hydroxyl groups is 1. The molecule has 3 unspecified atom stereocenters. The summed E-state index contributed by atoms with van der Waals surface area (Å²) in [6.07, 6.45) is 9.60. The van der Waals surface area contributed by atoms with Gasteiger partial charge in [-0.25, -0.2) is 0 Å². The zero-order valence-corrected chi connectivity index (χ0v) is 19.5. The summed E-state index contributed by atoms with van der Waals surface area (Å²) in [5.74, 6) is -0.0584. The van der Waals surface area contributed by atoms with Gasteiger partial charge in [0.2, 0.25) is 5.78 Å².